The highest BCUT2D eigenvalue weighted by Gasteiger charge is 2.17. The smallest absolute Gasteiger partial charge is 0.259 e. The van der Waals surface area contributed by atoms with E-state index in [1.807, 2.05) is 30.3 Å². The lowest BCUT2D eigenvalue weighted by Gasteiger charge is -2.11. The number of phenols is 1. The van der Waals surface area contributed by atoms with Gasteiger partial charge < -0.3 is 10.4 Å². The van der Waals surface area contributed by atoms with Crippen LogP contribution in [0.1, 0.15) is 10.4 Å². The highest BCUT2D eigenvalue weighted by molar-refractivity contribution is 6.31. The summed E-state index contributed by atoms with van der Waals surface area (Å²) in [6, 6.07) is 15.8. The second-order valence-electron chi connectivity index (χ2n) is 4.91. The molecule has 0 unspecified atom stereocenters. The molecule has 1 heterocycles. The minimum Gasteiger partial charge on any atom is -0.506 e. The molecule has 3 aromatic rings. The minimum atomic E-state index is -0.449. The van der Waals surface area contributed by atoms with Crippen LogP contribution in [-0.2, 0) is 0 Å². The molecule has 5 heteroatoms. The fourth-order valence-corrected chi connectivity index (χ4v) is 2.46. The summed E-state index contributed by atoms with van der Waals surface area (Å²) in [5.74, 6) is -0.558. The topological polar surface area (TPSA) is 62.2 Å². The number of rotatable bonds is 3. The maximum Gasteiger partial charge on any atom is 0.259 e. The van der Waals surface area contributed by atoms with Gasteiger partial charge in [-0.1, -0.05) is 41.9 Å². The standard InChI is InChI=1S/C18H13ClN2O2/c19-13-9-15(12-5-2-1-3-6-12)17(22)16(10-13)18(23)21-14-7-4-8-20-11-14/h1-11,22H,(H,21,23). The highest BCUT2D eigenvalue weighted by Crippen LogP contribution is 2.35. The fraction of sp³-hybridized carbons (Fsp3) is 0. The van der Waals surface area contributed by atoms with Crippen LogP contribution < -0.4 is 5.32 Å². The first-order valence-corrected chi connectivity index (χ1v) is 7.32. The zero-order valence-electron chi connectivity index (χ0n) is 12.0. The van der Waals surface area contributed by atoms with Crippen LogP contribution in [0.5, 0.6) is 5.75 Å². The summed E-state index contributed by atoms with van der Waals surface area (Å²) in [4.78, 5) is 16.3. The van der Waals surface area contributed by atoms with E-state index in [0.29, 0.717) is 16.3 Å². The molecule has 0 atom stereocenters. The number of carbonyl (C=O) groups is 1. The van der Waals surface area contributed by atoms with Crippen molar-refractivity contribution in [2.45, 2.75) is 0 Å². The molecule has 0 bridgehead atoms. The summed E-state index contributed by atoms with van der Waals surface area (Å²) in [6.07, 6.45) is 3.14. The molecule has 2 N–H and O–H groups in total. The molecule has 1 aromatic heterocycles. The van der Waals surface area contributed by atoms with Gasteiger partial charge in [0.15, 0.2) is 0 Å². The lowest BCUT2D eigenvalue weighted by molar-refractivity contribution is 0.102. The predicted molar refractivity (Wildman–Crippen MR) is 90.7 cm³/mol. The third-order valence-corrected chi connectivity index (χ3v) is 3.54. The third kappa shape index (κ3) is 3.33. The van der Waals surface area contributed by atoms with Crippen LogP contribution in [0.4, 0.5) is 5.69 Å². The van der Waals surface area contributed by atoms with Crippen LogP contribution in [0, 0.1) is 0 Å². The van der Waals surface area contributed by atoms with E-state index in [4.69, 9.17) is 11.6 Å². The number of halogens is 1. The maximum atomic E-state index is 12.4. The molecular weight excluding hydrogens is 312 g/mol. The Morgan fingerprint density at radius 3 is 2.57 bits per heavy atom. The van der Waals surface area contributed by atoms with Crippen molar-refractivity contribution in [3.05, 3.63) is 77.6 Å². The number of anilines is 1. The van der Waals surface area contributed by atoms with Crippen molar-refractivity contribution in [1.82, 2.24) is 4.98 Å². The molecule has 2 aromatic carbocycles. The number of carbonyl (C=O) groups excluding carboxylic acids is 1. The van der Waals surface area contributed by atoms with Crippen molar-refractivity contribution in [3.8, 4) is 16.9 Å². The van der Waals surface area contributed by atoms with E-state index in [0.717, 1.165) is 5.56 Å². The average Bonchev–Trinajstić information content (AvgIpc) is 2.58. The van der Waals surface area contributed by atoms with E-state index in [2.05, 4.69) is 10.3 Å². The molecule has 4 nitrogen and oxygen atoms in total. The second-order valence-corrected chi connectivity index (χ2v) is 5.35. The Hall–Kier alpha value is -2.85. The van der Waals surface area contributed by atoms with Gasteiger partial charge in [0.1, 0.15) is 5.75 Å². The van der Waals surface area contributed by atoms with Gasteiger partial charge in [0, 0.05) is 16.8 Å². The number of pyridine rings is 1. The Kier molecular flexibility index (Phi) is 4.26. The normalized spacial score (nSPS) is 10.3. The number of nitrogens with one attached hydrogen (secondary N) is 1. The molecule has 0 radical (unpaired) electrons. The number of aromatic hydroxyl groups is 1. The summed E-state index contributed by atoms with van der Waals surface area (Å²) in [5, 5.41) is 13.5. The van der Waals surface area contributed by atoms with Gasteiger partial charge in [0.25, 0.3) is 5.91 Å². The van der Waals surface area contributed by atoms with Gasteiger partial charge in [-0.15, -0.1) is 0 Å². The minimum absolute atomic E-state index is 0.109. The summed E-state index contributed by atoms with van der Waals surface area (Å²) >= 11 is 6.12. The summed E-state index contributed by atoms with van der Waals surface area (Å²) in [7, 11) is 0. The molecule has 0 aliphatic rings. The lowest BCUT2D eigenvalue weighted by Crippen LogP contribution is -2.12. The molecule has 3 rings (SSSR count). The van der Waals surface area contributed by atoms with Crippen LogP contribution in [0.3, 0.4) is 0 Å². The molecule has 0 aliphatic heterocycles. The summed E-state index contributed by atoms with van der Waals surface area (Å²) < 4.78 is 0. The molecule has 0 fully saturated rings. The van der Waals surface area contributed by atoms with Crippen molar-refractivity contribution in [2.24, 2.45) is 0 Å². The van der Waals surface area contributed by atoms with E-state index in [1.54, 1.807) is 24.4 Å². The van der Waals surface area contributed by atoms with Gasteiger partial charge in [-0.3, -0.25) is 9.78 Å². The zero-order valence-corrected chi connectivity index (χ0v) is 12.8. The zero-order chi connectivity index (χ0) is 16.2. The van der Waals surface area contributed by atoms with Crippen molar-refractivity contribution >= 4 is 23.2 Å². The molecule has 1 amide bonds. The number of hydrogen-bond acceptors (Lipinski definition) is 3. The SMILES string of the molecule is O=C(Nc1cccnc1)c1cc(Cl)cc(-c2ccccc2)c1O. The van der Waals surface area contributed by atoms with Crippen LogP contribution >= 0.6 is 11.6 Å². The Morgan fingerprint density at radius 2 is 1.87 bits per heavy atom. The van der Waals surface area contributed by atoms with Crippen molar-refractivity contribution in [1.29, 1.82) is 0 Å². The fourth-order valence-electron chi connectivity index (χ4n) is 2.25. The second kappa shape index (κ2) is 6.50. The van der Waals surface area contributed by atoms with E-state index < -0.39 is 5.91 Å². The van der Waals surface area contributed by atoms with Crippen molar-refractivity contribution in [2.75, 3.05) is 5.32 Å². The van der Waals surface area contributed by atoms with Gasteiger partial charge in [-0.25, -0.2) is 0 Å². The van der Waals surface area contributed by atoms with Crippen LogP contribution in [-0.4, -0.2) is 16.0 Å². The van der Waals surface area contributed by atoms with Crippen molar-refractivity contribution < 1.29 is 9.90 Å². The molecule has 0 saturated carbocycles. The largest absolute Gasteiger partial charge is 0.506 e. The van der Waals surface area contributed by atoms with Gasteiger partial charge in [0.05, 0.1) is 17.4 Å². The monoisotopic (exact) mass is 324 g/mol. The summed E-state index contributed by atoms with van der Waals surface area (Å²) in [5.41, 5.74) is 1.94. The van der Waals surface area contributed by atoms with E-state index in [-0.39, 0.29) is 11.3 Å². The molecule has 0 saturated heterocycles. The van der Waals surface area contributed by atoms with E-state index in [9.17, 15) is 9.90 Å². The Bertz CT molecular complexity index is 836. The molecule has 0 aliphatic carbocycles. The summed E-state index contributed by atoms with van der Waals surface area (Å²) in [6.45, 7) is 0. The average molecular weight is 325 g/mol. The van der Waals surface area contributed by atoms with Gasteiger partial charge in [-0.05, 0) is 29.8 Å². The Morgan fingerprint density at radius 1 is 1.09 bits per heavy atom. The Labute approximate surface area is 138 Å². The number of benzene rings is 2. The van der Waals surface area contributed by atoms with Gasteiger partial charge in [-0.2, -0.15) is 0 Å². The quantitative estimate of drug-likeness (QED) is 0.752. The number of amides is 1. The first kappa shape index (κ1) is 15.1. The van der Waals surface area contributed by atoms with Crippen LogP contribution in [0.2, 0.25) is 5.02 Å². The first-order chi connectivity index (χ1) is 11.1. The number of nitrogens with zero attached hydrogens (tertiary/aromatic N) is 1. The van der Waals surface area contributed by atoms with Crippen molar-refractivity contribution in [3.63, 3.8) is 0 Å². The predicted octanol–water partition coefficient (Wildman–Crippen LogP) is 4.36. The Balaban J connectivity index is 2.00. The number of hydrogen-bond donors (Lipinski definition) is 2. The molecule has 0 spiro atoms. The van der Waals surface area contributed by atoms with E-state index in [1.165, 1.54) is 12.3 Å². The molecule has 114 valence electrons. The molecular formula is C18H13ClN2O2. The maximum absolute atomic E-state index is 12.4. The lowest BCUT2D eigenvalue weighted by atomic mass is 10.0. The molecule has 23 heavy (non-hydrogen) atoms. The number of phenolic OH excluding ortho intramolecular Hbond substituents is 1. The number of aromatic nitrogens is 1. The van der Waals surface area contributed by atoms with Gasteiger partial charge >= 0.3 is 0 Å². The highest BCUT2D eigenvalue weighted by atomic mass is 35.5. The van der Waals surface area contributed by atoms with E-state index >= 15 is 0 Å². The van der Waals surface area contributed by atoms with Crippen LogP contribution in [0.15, 0.2) is 67.0 Å². The first-order valence-electron chi connectivity index (χ1n) is 6.94. The van der Waals surface area contributed by atoms with Crippen LogP contribution in [0.25, 0.3) is 11.1 Å². The third-order valence-electron chi connectivity index (χ3n) is 3.32. The van der Waals surface area contributed by atoms with Gasteiger partial charge in [0.2, 0.25) is 0 Å².